The molecule has 122 valence electrons. The summed E-state index contributed by atoms with van der Waals surface area (Å²) in [6.45, 7) is 1.89. The van der Waals surface area contributed by atoms with Gasteiger partial charge in [-0.1, -0.05) is 54.6 Å². The van der Waals surface area contributed by atoms with Crippen molar-refractivity contribution >= 4 is 16.3 Å². The number of benzene rings is 3. The second kappa shape index (κ2) is 7.37. The molecule has 3 rings (SSSR count). The molecule has 0 aliphatic heterocycles. The van der Waals surface area contributed by atoms with E-state index < -0.39 is 10.3 Å². The van der Waals surface area contributed by atoms with E-state index in [9.17, 15) is 4.79 Å². The zero-order valence-corrected chi connectivity index (χ0v) is 14.4. The molecule has 2 nitrogen and oxygen atoms in total. The third-order valence-electron chi connectivity index (χ3n) is 3.75. The van der Waals surface area contributed by atoms with E-state index >= 15 is 0 Å². The van der Waals surface area contributed by atoms with Gasteiger partial charge in [-0.05, 0) is 43.3 Å². The van der Waals surface area contributed by atoms with E-state index in [1.807, 2.05) is 61.5 Å². The van der Waals surface area contributed by atoms with E-state index in [-0.39, 0.29) is 5.97 Å². The Labute approximate surface area is 144 Å². The molecule has 0 saturated carbocycles. The Kier molecular flexibility index (Phi) is 5.02. The Morgan fingerprint density at radius 3 is 1.33 bits per heavy atom. The molecule has 0 spiro atoms. The minimum atomic E-state index is -2.03. The van der Waals surface area contributed by atoms with Gasteiger partial charge in [0.25, 0.3) is 0 Å². The van der Waals surface area contributed by atoms with Crippen molar-refractivity contribution in [3.8, 4) is 0 Å². The molecule has 0 aromatic heterocycles. The van der Waals surface area contributed by atoms with Gasteiger partial charge in [0.1, 0.15) is 6.42 Å². The van der Waals surface area contributed by atoms with Gasteiger partial charge in [0, 0.05) is 0 Å². The quantitative estimate of drug-likeness (QED) is 0.540. The lowest BCUT2D eigenvalue weighted by Crippen LogP contribution is -2.13. The fourth-order valence-corrected chi connectivity index (χ4v) is 5.73. The molecule has 0 unspecified atom stereocenters. The summed E-state index contributed by atoms with van der Waals surface area (Å²) in [4.78, 5) is 13.5. The van der Waals surface area contributed by atoms with Crippen LogP contribution in [0.15, 0.2) is 106 Å². The molecule has 1 N–H and O–H groups in total. The van der Waals surface area contributed by atoms with Gasteiger partial charge in [-0.2, -0.15) is 0 Å². The minimum Gasteiger partial charge on any atom is -0.338 e. The van der Waals surface area contributed by atoms with Crippen molar-refractivity contribution in [2.45, 2.75) is 28.0 Å². The van der Waals surface area contributed by atoms with Crippen LogP contribution in [0.2, 0.25) is 0 Å². The second-order valence-electron chi connectivity index (χ2n) is 5.33. The molecule has 0 heterocycles. The van der Waals surface area contributed by atoms with Gasteiger partial charge in [0.15, 0.2) is 0 Å². The van der Waals surface area contributed by atoms with E-state index in [1.165, 1.54) is 0 Å². The van der Waals surface area contributed by atoms with Gasteiger partial charge < -0.3 is 4.79 Å². The molecule has 3 aromatic rings. The number of rotatable bonds is 5. The van der Waals surface area contributed by atoms with Crippen LogP contribution in [-0.2, 0) is 4.18 Å². The zero-order valence-electron chi connectivity index (χ0n) is 13.6. The molecule has 0 aliphatic rings. The fourth-order valence-electron chi connectivity index (χ4n) is 2.59. The third-order valence-corrected chi connectivity index (χ3v) is 7.00. The molecule has 0 atom stereocenters. The van der Waals surface area contributed by atoms with Gasteiger partial charge in [-0.3, -0.25) is 4.18 Å². The average Bonchev–Trinajstić information content (AvgIpc) is 2.68. The summed E-state index contributed by atoms with van der Waals surface area (Å²) in [6, 6.07) is 30.4. The zero-order chi connectivity index (χ0) is 16.8. The molecule has 0 saturated heterocycles. The monoisotopic (exact) mass is 337 g/mol. The smallest absolute Gasteiger partial charge is 0.338 e. The first-order chi connectivity index (χ1) is 11.8. The largest absolute Gasteiger partial charge is 0.495 e. The van der Waals surface area contributed by atoms with Crippen LogP contribution in [0, 0.1) is 0 Å². The van der Waals surface area contributed by atoms with Crippen LogP contribution in [0.4, 0.5) is 0 Å². The van der Waals surface area contributed by atoms with E-state index in [0.29, 0.717) is 6.42 Å². The van der Waals surface area contributed by atoms with E-state index in [4.69, 9.17) is 4.18 Å². The van der Waals surface area contributed by atoms with Gasteiger partial charge in [-0.25, -0.2) is 0 Å². The van der Waals surface area contributed by atoms with Gasteiger partial charge >= 0.3 is 5.97 Å². The number of carbonyl (C=O) groups excluding carboxylic acids is 1. The fraction of sp³-hybridized carbons (Fsp3) is 0.0952. The highest BCUT2D eigenvalue weighted by Crippen LogP contribution is 2.69. The number of hydrogen-bond acceptors (Lipinski definition) is 1. The lowest BCUT2D eigenvalue weighted by atomic mass is 10.4. The SMILES string of the molecule is CCC(=[OH+])OS(c1ccccc1)(c1ccccc1)c1ccccc1. The molecule has 0 fully saturated rings. The first kappa shape index (κ1) is 16.3. The number of hydrogen-bond donors (Lipinski definition) is 0. The Morgan fingerprint density at radius 2 is 1.04 bits per heavy atom. The standard InChI is InChI=1S/C21H20O2S/c1-2-21(22)23-24(18-12-6-3-7-13-18,19-14-8-4-9-15-19)20-16-10-5-11-17-20/h3-17H,2H2,1H3/p+1. The maximum atomic E-state index is 10.3. The van der Waals surface area contributed by atoms with Crippen molar-refractivity contribution in [3.63, 3.8) is 0 Å². The predicted molar refractivity (Wildman–Crippen MR) is 100 cm³/mol. The lowest BCUT2D eigenvalue weighted by Gasteiger charge is -2.33. The highest BCUT2D eigenvalue weighted by Gasteiger charge is 2.41. The Hall–Kier alpha value is -2.52. The summed E-state index contributed by atoms with van der Waals surface area (Å²) >= 11 is 0. The summed E-state index contributed by atoms with van der Waals surface area (Å²) in [5, 5.41) is 0. The average molecular weight is 337 g/mol. The molecule has 3 heteroatoms. The molecule has 0 bridgehead atoms. The highest BCUT2D eigenvalue weighted by molar-refractivity contribution is 8.30. The van der Waals surface area contributed by atoms with Gasteiger partial charge in [0.05, 0.1) is 25.0 Å². The summed E-state index contributed by atoms with van der Waals surface area (Å²) < 4.78 is 6.30. The normalized spacial score (nSPS) is 11.7. The molecule has 0 amide bonds. The Bertz CT molecular complexity index is 689. The van der Waals surface area contributed by atoms with Crippen molar-refractivity contribution in [2.24, 2.45) is 0 Å². The maximum absolute atomic E-state index is 10.3. The highest BCUT2D eigenvalue weighted by atomic mass is 32.3. The first-order valence-electron chi connectivity index (χ1n) is 8.00. The van der Waals surface area contributed by atoms with E-state index in [1.54, 1.807) is 0 Å². The van der Waals surface area contributed by atoms with Crippen LogP contribution >= 0.6 is 10.3 Å². The minimum absolute atomic E-state index is 0.0570. The van der Waals surface area contributed by atoms with Gasteiger partial charge in [0.2, 0.25) is 0 Å². The molecule has 0 radical (unpaired) electrons. The topological polar surface area (TPSA) is 30.6 Å². The molecule has 3 aromatic carbocycles. The van der Waals surface area contributed by atoms with Crippen molar-refractivity contribution in [1.29, 1.82) is 0 Å². The van der Waals surface area contributed by atoms with Crippen LogP contribution < -0.4 is 0 Å². The molecular formula is C21H21O2S+. The van der Waals surface area contributed by atoms with Crippen LogP contribution in [0.25, 0.3) is 0 Å². The van der Waals surface area contributed by atoms with E-state index in [0.717, 1.165) is 14.7 Å². The summed E-state index contributed by atoms with van der Waals surface area (Å²) in [7, 11) is -2.03. The van der Waals surface area contributed by atoms with Crippen LogP contribution in [-0.4, -0.2) is 10.8 Å². The summed E-state index contributed by atoms with van der Waals surface area (Å²) in [6.07, 6.45) is 0.460. The van der Waals surface area contributed by atoms with Crippen molar-refractivity contribution in [3.05, 3.63) is 91.0 Å². The maximum Gasteiger partial charge on any atom is 0.495 e. The molecule has 24 heavy (non-hydrogen) atoms. The van der Waals surface area contributed by atoms with Crippen molar-refractivity contribution in [2.75, 3.05) is 0 Å². The van der Waals surface area contributed by atoms with E-state index in [2.05, 4.69) is 36.4 Å². The summed E-state index contributed by atoms with van der Waals surface area (Å²) in [5.74, 6) is 0.0570. The summed E-state index contributed by atoms with van der Waals surface area (Å²) in [5.41, 5.74) is 0. The molecular weight excluding hydrogens is 316 g/mol. The Morgan fingerprint density at radius 1 is 0.708 bits per heavy atom. The predicted octanol–water partition coefficient (Wildman–Crippen LogP) is 5.81. The van der Waals surface area contributed by atoms with Crippen LogP contribution in [0.3, 0.4) is 0 Å². The third kappa shape index (κ3) is 3.08. The van der Waals surface area contributed by atoms with Crippen molar-refractivity contribution in [1.82, 2.24) is 0 Å². The van der Waals surface area contributed by atoms with Gasteiger partial charge in [-0.15, -0.1) is 0 Å². The Balaban J connectivity index is 2.30. The van der Waals surface area contributed by atoms with Crippen LogP contribution in [0.1, 0.15) is 13.3 Å². The van der Waals surface area contributed by atoms with Crippen molar-refractivity contribution < 1.29 is 8.98 Å². The first-order valence-corrected chi connectivity index (χ1v) is 9.56. The second-order valence-corrected chi connectivity index (χ2v) is 8.02. The van der Waals surface area contributed by atoms with Crippen LogP contribution in [0.5, 0.6) is 0 Å². The lowest BCUT2D eigenvalue weighted by molar-refractivity contribution is 0.483. The molecule has 0 aliphatic carbocycles.